The highest BCUT2D eigenvalue weighted by molar-refractivity contribution is 5.80. The minimum atomic E-state index is 0.311. The van der Waals surface area contributed by atoms with Crippen LogP contribution in [0.25, 0.3) is 0 Å². The van der Waals surface area contributed by atoms with E-state index >= 15 is 0 Å². The Kier molecular flexibility index (Phi) is 7.36. The van der Waals surface area contributed by atoms with Crippen molar-refractivity contribution in [2.24, 2.45) is 4.99 Å². The average Bonchev–Trinajstić information content (AvgIpc) is 3.02. The lowest BCUT2D eigenvalue weighted by atomic mass is 9.96. The Morgan fingerprint density at radius 3 is 2.74 bits per heavy atom. The summed E-state index contributed by atoms with van der Waals surface area (Å²) in [4.78, 5) is 9.07. The molecule has 1 fully saturated rings. The van der Waals surface area contributed by atoms with Crippen LogP contribution in [0.15, 0.2) is 9.52 Å². The van der Waals surface area contributed by atoms with E-state index in [1.165, 1.54) is 32.1 Å². The fourth-order valence-corrected chi connectivity index (χ4v) is 2.79. The number of aromatic nitrogens is 2. The van der Waals surface area contributed by atoms with Gasteiger partial charge in [-0.25, -0.2) is 0 Å². The first-order valence-corrected chi connectivity index (χ1v) is 9.06. The summed E-state index contributed by atoms with van der Waals surface area (Å²) in [6.45, 7) is 7.89. The lowest BCUT2D eigenvalue weighted by molar-refractivity contribution is 0.369. The van der Waals surface area contributed by atoms with Gasteiger partial charge in [-0.1, -0.05) is 38.3 Å². The van der Waals surface area contributed by atoms with E-state index < -0.39 is 0 Å². The van der Waals surface area contributed by atoms with Crippen LogP contribution in [-0.2, 0) is 6.42 Å². The zero-order valence-corrected chi connectivity index (χ0v) is 14.8. The van der Waals surface area contributed by atoms with Gasteiger partial charge in [-0.3, -0.25) is 4.99 Å². The molecule has 0 radical (unpaired) electrons. The molecule has 0 amide bonds. The minimum absolute atomic E-state index is 0.311. The SMILES string of the molecule is CCNC(=NCCCc1nc(C(C)C)no1)NC1CCCCC1. The van der Waals surface area contributed by atoms with Crippen molar-refractivity contribution in [2.45, 2.75) is 77.7 Å². The molecule has 6 heteroatoms. The van der Waals surface area contributed by atoms with E-state index in [9.17, 15) is 0 Å². The number of guanidine groups is 1. The van der Waals surface area contributed by atoms with E-state index in [1.54, 1.807) is 0 Å². The van der Waals surface area contributed by atoms with Crippen LogP contribution in [0.5, 0.6) is 0 Å². The van der Waals surface area contributed by atoms with Crippen LogP contribution < -0.4 is 10.6 Å². The Morgan fingerprint density at radius 1 is 1.30 bits per heavy atom. The molecule has 0 bridgehead atoms. The van der Waals surface area contributed by atoms with Gasteiger partial charge in [-0.05, 0) is 26.2 Å². The van der Waals surface area contributed by atoms with Gasteiger partial charge in [0.2, 0.25) is 5.89 Å². The number of rotatable bonds is 7. The average molecular weight is 321 g/mol. The Bertz CT molecular complexity index is 477. The molecule has 0 saturated heterocycles. The zero-order chi connectivity index (χ0) is 16.5. The summed E-state index contributed by atoms with van der Waals surface area (Å²) in [5, 5.41) is 10.9. The molecule has 1 aliphatic rings. The van der Waals surface area contributed by atoms with Gasteiger partial charge >= 0.3 is 0 Å². The Balaban J connectivity index is 1.75. The van der Waals surface area contributed by atoms with Gasteiger partial charge in [0.15, 0.2) is 11.8 Å². The number of nitrogens with zero attached hydrogens (tertiary/aromatic N) is 3. The van der Waals surface area contributed by atoms with Crippen molar-refractivity contribution in [2.75, 3.05) is 13.1 Å². The lowest BCUT2D eigenvalue weighted by Crippen LogP contribution is -2.44. The Morgan fingerprint density at radius 2 is 2.09 bits per heavy atom. The molecule has 1 heterocycles. The third-order valence-corrected chi connectivity index (χ3v) is 4.11. The molecule has 1 aliphatic carbocycles. The quantitative estimate of drug-likeness (QED) is 0.459. The summed E-state index contributed by atoms with van der Waals surface area (Å²) in [6, 6.07) is 0.575. The summed E-state index contributed by atoms with van der Waals surface area (Å²) in [7, 11) is 0. The molecule has 130 valence electrons. The van der Waals surface area contributed by atoms with E-state index in [0.717, 1.165) is 37.7 Å². The molecule has 1 aromatic heterocycles. The predicted octanol–water partition coefficient (Wildman–Crippen LogP) is 3.01. The fourth-order valence-electron chi connectivity index (χ4n) is 2.79. The van der Waals surface area contributed by atoms with E-state index in [4.69, 9.17) is 4.52 Å². The van der Waals surface area contributed by atoms with E-state index in [0.29, 0.717) is 17.9 Å². The highest BCUT2D eigenvalue weighted by atomic mass is 16.5. The number of hydrogen-bond acceptors (Lipinski definition) is 4. The topological polar surface area (TPSA) is 75.3 Å². The number of nitrogens with one attached hydrogen (secondary N) is 2. The monoisotopic (exact) mass is 321 g/mol. The van der Waals surface area contributed by atoms with E-state index in [-0.39, 0.29) is 0 Å². The molecule has 1 aromatic rings. The number of hydrogen-bond donors (Lipinski definition) is 2. The highest BCUT2D eigenvalue weighted by Crippen LogP contribution is 2.17. The molecular weight excluding hydrogens is 290 g/mol. The molecule has 0 aromatic carbocycles. The largest absolute Gasteiger partial charge is 0.357 e. The number of aliphatic imine (C=N–C) groups is 1. The third-order valence-electron chi connectivity index (χ3n) is 4.11. The van der Waals surface area contributed by atoms with Crippen LogP contribution in [0.3, 0.4) is 0 Å². The molecule has 6 nitrogen and oxygen atoms in total. The van der Waals surface area contributed by atoms with E-state index in [1.807, 2.05) is 0 Å². The van der Waals surface area contributed by atoms with Crippen LogP contribution in [0.1, 0.15) is 76.9 Å². The van der Waals surface area contributed by atoms with Gasteiger partial charge in [0.25, 0.3) is 0 Å². The first-order valence-electron chi connectivity index (χ1n) is 9.06. The molecule has 2 rings (SSSR count). The molecule has 1 saturated carbocycles. The standard InChI is InChI=1S/C17H31N5O/c1-4-18-17(20-14-9-6-5-7-10-14)19-12-8-11-15-21-16(13(2)3)22-23-15/h13-14H,4-12H2,1-3H3,(H2,18,19,20). The van der Waals surface area contributed by atoms with Crippen molar-refractivity contribution in [3.05, 3.63) is 11.7 Å². The molecule has 0 unspecified atom stereocenters. The maximum absolute atomic E-state index is 5.26. The van der Waals surface area contributed by atoms with Crippen molar-refractivity contribution >= 4 is 5.96 Å². The van der Waals surface area contributed by atoms with Gasteiger partial charge in [-0.2, -0.15) is 4.98 Å². The van der Waals surface area contributed by atoms with Crippen LogP contribution >= 0.6 is 0 Å². The zero-order valence-electron chi connectivity index (χ0n) is 14.8. The highest BCUT2D eigenvalue weighted by Gasteiger charge is 2.14. The third kappa shape index (κ3) is 6.20. The van der Waals surface area contributed by atoms with Gasteiger partial charge in [-0.15, -0.1) is 0 Å². The second-order valence-corrected chi connectivity index (χ2v) is 6.54. The molecule has 0 atom stereocenters. The first-order chi connectivity index (χ1) is 11.2. The Hall–Kier alpha value is -1.59. The van der Waals surface area contributed by atoms with Crippen molar-refractivity contribution in [1.82, 2.24) is 20.8 Å². The summed E-state index contributed by atoms with van der Waals surface area (Å²) < 4.78 is 5.26. The van der Waals surface area contributed by atoms with Gasteiger partial charge in [0.1, 0.15) is 0 Å². The second kappa shape index (κ2) is 9.53. The molecular formula is C17H31N5O. The molecule has 0 aliphatic heterocycles. The van der Waals surface area contributed by atoms with Crippen molar-refractivity contribution in [3.8, 4) is 0 Å². The van der Waals surface area contributed by atoms with Crippen LogP contribution in [0.4, 0.5) is 0 Å². The lowest BCUT2D eigenvalue weighted by Gasteiger charge is -2.24. The Labute approximate surface area is 139 Å². The normalized spacial score (nSPS) is 16.8. The maximum atomic E-state index is 5.26. The maximum Gasteiger partial charge on any atom is 0.226 e. The molecule has 23 heavy (non-hydrogen) atoms. The number of aryl methyl sites for hydroxylation is 1. The van der Waals surface area contributed by atoms with E-state index in [2.05, 4.69) is 46.5 Å². The molecule has 2 N–H and O–H groups in total. The second-order valence-electron chi connectivity index (χ2n) is 6.54. The van der Waals surface area contributed by atoms with Gasteiger partial charge in [0, 0.05) is 31.5 Å². The summed E-state index contributed by atoms with van der Waals surface area (Å²) in [5.41, 5.74) is 0. The predicted molar refractivity (Wildman–Crippen MR) is 92.7 cm³/mol. The summed E-state index contributed by atoms with van der Waals surface area (Å²) in [6.07, 6.45) is 8.23. The van der Waals surface area contributed by atoms with Gasteiger partial charge < -0.3 is 15.2 Å². The molecule has 0 spiro atoms. The van der Waals surface area contributed by atoms with Crippen molar-refractivity contribution < 1.29 is 4.52 Å². The fraction of sp³-hybridized carbons (Fsp3) is 0.824. The summed E-state index contributed by atoms with van der Waals surface area (Å²) >= 11 is 0. The van der Waals surface area contributed by atoms with Crippen LogP contribution in [-0.4, -0.2) is 35.2 Å². The smallest absolute Gasteiger partial charge is 0.226 e. The van der Waals surface area contributed by atoms with Crippen LogP contribution in [0, 0.1) is 0 Å². The summed E-state index contributed by atoms with van der Waals surface area (Å²) in [5.74, 6) is 2.75. The van der Waals surface area contributed by atoms with Crippen molar-refractivity contribution in [1.29, 1.82) is 0 Å². The first kappa shape index (κ1) is 17.8. The van der Waals surface area contributed by atoms with Gasteiger partial charge in [0.05, 0.1) is 0 Å². The van der Waals surface area contributed by atoms with Crippen molar-refractivity contribution in [3.63, 3.8) is 0 Å². The minimum Gasteiger partial charge on any atom is -0.357 e. The van der Waals surface area contributed by atoms with Crippen LogP contribution in [0.2, 0.25) is 0 Å².